The van der Waals surface area contributed by atoms with E-state index in [-0.39, 0.29) is 30.1 Å². The number of aromatic nitrogens is 1. The summed E-state index contributed by atoms with van der Waals surface area (Å²) in [5, 5.41) is 19.4. The van der Waals surface area contributed by atoms with Gasteiger partial charge in [-0.25, -0.2) is 9.98 Å². The topological polar surface area (TPSA) is 76.0 Å². The van der Waals surface area contributed by atoms with Crippen LogP contribution in [0, 0.1) is 0 Å². The number of rotatable bonds is 8. The van der Waals surface area contributed by atoms with E-state index in [1.807, 2.05) is 19.0 Å². The van der Waals surface area contributed by atoms with Gasteiger partial charge in [0.1, 0.15) is 0 Å². The molecule has 3 N–H and O–H groups in total. The number of piperidine rings is 1. The van der Waals surface area contributed by atoms with Crippen molar-refractivity contribution < 1.29 is 5.11 Å². The molecule has 0 spiro atoms. The first-order valence-electron chi connectivity index (χ1n) is 10.7. The summed E-state index contributed by atoms with van der Waals surface area (Å²) in [5.41, 5.74) is 3.52. The second-order valence-corrected chi connectivity index (χ2v) is 8.72. The Morgan fingerprint density at radius 3 is 2.48 bits per heavy atom. The molecule has 0 radical (unpaired) electrons. The summed E-state index contributed by atoms with van der Waals surface area (Å²) in [6.45, 7) is 7.06. The van der Waals surface area contributed by atoms with Crippen LogP contribution in [0.2, 0.25) is 0 Å². The first-order chi connectivity index (χ1) is 14.5. The number of anilines is 1. The van der Waals surface area contributed by atoms with Crippen molar-refractivity contribution in [2.24, 2.45) is 4.99 Å². The number of hydrogen-bond acceptors (Lipinski definition) is 6. The van der Waals surface area contributed by atoms with Gasteiger partial charge in [-0.05, 0) is 30.9 Å². The van der Waals surface area contributed by atoms with Crippen LogP contribution in [0.4, 0.5) is 5.13 Å². The molecule has 7 nitrogen and oxygen atoms in total. The fraction of sp³-hybridized carbons (Fsp3) is 0.545. The number of likely N-dealkylation sites (tertiary alicyclic amines) is 1. The molecule has 1 fully saturated rings. The van der Waals surface area contributed by atoms with Crippen LogP contribution in [0.5, 0.6) is 0 Å². The van der Waals surface area contributed by atoms with Crippen LogP contribution >= 0.6 is 35.3 Å². The zero-order chi connectivity index (χ0) is 21.3. The minimum Gasteiger partial charge on any atom is -0.393 e. The molecule has 0 unspecified atom stereocenters. The van der Waals surface area contributed by atoms with Crippen LogP contribution in [-0.4, -0.2) is 60.8 Å². The van der Waals surface area contributed by atoms with Crippen molar-refractivity contribution >= 4 is 46.4 Å². The summed E-state index contributed by atoms with van der Waals surface area (Å²) >= 11 is 1.65. The molecule has 31 heavy (non-hydrogen) atoms. The maximum atomic E-state index is 9.64. The molecule has 9 heteroatoms. The van der Waals surface area contributed by atoms with Crippen LogP contribution < -0.4 is 15.5 Å². The van der Waals surface area contributed by atoms with E-state index in [2.05, 4.69) is 57.1 Å². The Morgan fingerprint density at radius 1 is 1.19 bits per heavy atom. The lowest BCUT2D eigenvalue weighted by atomic mass is 10.1. The predicted molar refractivity (Wildman–Crippen MR) is 140 cm³/mol. The highest BCUT2D eigenvalue weighted by Crippen LogP contribution is 2.17. The average molecular weight is 559 g/mol. The van der Waals surface area contributed by atoms with E-state index in [1.165, 1.54) is 11.1 Å². The smallest absolute Gasteiger partial charge is 0.191 e. The maximum Gasteiger partial charge on any atom is 0.191 e. The van der Waals surface area contributed by atoms with E-state index in [1.54, 1.807) is 11.3 Å². The Labute approximate surface area is 207 Å². The monoisotopic (exact) mass is 558 g/mol. The highest BCUT2D eigenvalue weighted by atomic mass is 127. The summed E-state index contributed by atoms with van der Waals surface area (Å²) < 4.78 is 0. The molecule has 0 amide bonds. The van der Waals surface area contributed by atoms with Crippen LogP contribution in [0.25, 0.3) is 0 Å². The molecule has 0 saturated carbocycles. The molecule has 1 saturated heterocycles. The second kappa shape index (κ2) is 13.2. The lowest BCUT2D eigenvalue weighted by Crippen LogP contribution is -2.36. The zero-order valence-electron chi connectivity index (χ0n) is 18.7. The van der Waals surface area contributed by atoms with E-state index in [9.17, 15) is 5.11 Å². The Morgan fingerprint density at radius 2 is 1.87 bits per heavy atom. The maximum absolute atomic E-state index is 9.64. The summed E-state index contributed by atoms with van der Waals surface area (Å²) in [7, 11) is 4.01. The molecule has 3 rings (SSSR count). The van der Waals surface area contributed by atoms with Crippen molar-refractivity contribution in [3.05, 3.63) is 46.5 Å². The van der Waals surface area contributed by atoms with E-state index in [0.29, 0.717) is 13.1 Å². The summed E-state index contributed by atoms with van der Waals surface area (Å²) in [6.07, 6.45) is 1.64. The van der Waals surface area contributed by atoms with Gasteiger partial charge in [0.2, 0.25) is 0 Å². The number of aliphatic hydroxyl groups excluding tert-OH is 1. The third-order valence-corrected chi connectivity index (χ3v) is 6.17. The zero-order valence-corrected chi connectivity index (χ0v) is 21.8. The molecule has 172 valence electrons. The van der Waals surface area contributed by atoms with E-state index in [4.69, 9.17) is 4.99 Å². The van der Waals surface area contributed by atoms with Crippen LogP contribution in [-0.2, 0) is 19.6 Å². The first kappa shape index (κ1) is 25.8. The van der Waals surface area contributed by atoms with Gasteiger partial charge < -0.3 is 20.6 Å². The van der Waals surface area contributed by atoms with Gasteiger partial charge >= 0.3 is 0 Å². The van der Waals surface area contributed by atoms with E-state index in [0.717, 1.165) is 55.8 Å². The number of hydrogen-bond donors (Lipinski definition) is 3. The first-order valence-corrected chi connectivity index (χ1v) is 11.5. The van der Waals surface area contributed by atoms with Gasteiger partial charge in [0, 0.05) is 45.7 Å². The standard InChI is InChI=1S/C22H34N6OS.HI/c1-4-23-21(25-14-19-16-30-22(26-19)27(2)3)24-13-17-5-7-18(8-6-17)15-28-11-9-20(29)10-12-28;/h5-8,16,20,29H,4,9-15H2,1-3H3,(H2,23,24,25);1H. The Hall–Kier alpha value is -1.43. The molecular weight excluding hydrogens is 523 g/mol. The van der Waals surface area contributed by atoms with Crippen molar-refractivity contribution in [1.29, 1.82) is 0 Å². The van der Waals surface area contributed by atoms with Crippen molar-refractivity contribution in [2.75, 3.05) is 38.6 Å². The molecular formula is C22H35IN6OS. The fourth-order valence-corrected chi connectivity index (χ4v) is 4.11. The van der Waals surface area contributed by atoms with Gasteiger partial charge in [0.15, 0.2) is 11.1 Å². The molecule has 2 heterocycles. The average Bonchev–Trinajstić information content (AvgIpc) is 3.22. The van der Waals surface area contributed by atoms with Gasteiger partial charge in [-0.2, -0.15) is 0 Å². The summed E-state index contributed by atoms with van der Waals surface area (Å²) in [5.74, 6) is 0.799. The van der Waals surface area contributed by atoms with Crippen LogP contribution in [0.3, 0.4) is 0 Å². The summed E-state index contributed by atoms with van der Waals surface area (Å²) in [6, 6.07) is 8.69. The van der Waals surface area contributed by atoms with Gasteiger partial charge in [-0.1, -0.05) is 24.3 Å². The molecule has 0 atom stereocenters. The number of nitrogens with zero attached hydrogens (tertiary/aromatic N) is 4. The van der Waals surface area contributed by atoms with Gasteiger partial charge in [0.05, 0.1) is 24.9 Å². The van der Waals surface area contributed by atoms with E-state index < -0.39 is 0 Å². The lowest BCUT2D eigenvalue weighted by molar-refractivity contribution is 0.0792. The van der Waals surface area contributed by atoms with Crippen molar-refractivity contribution in [1.82, 2.24) is 20.5 Å². The Bertz CT molecular complexity index is 803. The van der Waals surface area contributed by atoms with Crippen LogP contribution in [0.15, 0.2) is 34.6 Å². The number of benzene rings is 1. The quantitative estimate of drug-likeness (QED) is 0.263. The number of halogens is 1. The highest BCUT2D eigenvalue weighted by molar-refractivity contribution is 14.0. The molecule has 1 aromatic heterocycles. The number of nitrogens with one attached hydrogen (secondary N) is 2. The third-order valence-electron chi connectivity index (χ3n) is 5.11. The highest BCUT2D eigenvalue weighted by Gasteiger charge is 2.16. The van der Waals surface area contributed by atoms with Crippen LogP contribution in [0.1, 0.15) is 36.6 Å². The number of aliphatic hydroxyl groups is 1. The number of thiazole rings is 1. The SMILES string of the molecule is CCNC(=NCc1ccc(CN2CCC(O)CC2)cc1)NCc1csc(N(C)C)n1.I. The van der Waals surface area contributed by atoms with Crippen molar-refractivity contribution in [3.8, 4) is 0 Å². The minimum atomic E-state index is -0.119. The lowest BCUT2D eigenvalue weighted by Gasteiger charge is -2.29. The van der Waals surface area contributed by atoms with Crippen molar-refractivity contribution in [2.45, 2.75) is 45.5 Å². The number of guanidine groups is 1. The third kappa shape index (κ3) is 8.55. The largest absolute Gasteiger partial charge is 0.393 e. The second-order valence-electron chi connectivity index (χ2n) is 7.89. The molecule has 1 aromatic carbocycles. The minimum absolute atomic E-state index is 0. The summed E-state index contributed by atoms with van der Waals surface area (Å²) in [4.78, 5) is 13.7. The van der Waals surface area contributed by atoms with Gasteiger partial charge in [0.25, 0.3) is 0 Å². The molecule has 1 aliphatic heterocycles. The molecule has 0 aliphatic carbocycles. The van der Waals surface area contributed by atoms with Crippen molar-refractivity contribution in [3.63, 3.8) is 0 Å². The number of aliphatic imine (C=N–C) groups is 1. The van der Waals surface area contributed by atoms with E-state index >= 15 is 0 Å². The Balaban J connectivity index is 0.00000341. The molecule has 2 aromatic rings. The predicted octanol–water partition coefficient (Wildman–Crippen LogP) is 3.04. The fourth-order valence-electron chi connectivity index (χ4n) is 3.35. The van der Waals surface area contributed by atoms with Gasteiger partial charge in [-0.15, -0.1) is 35.3 Å². The Kier molecular flexibility index (Phi) is 11.0. The molecule has 0 bridgehead atoms. The molecule has 1 aliphatic rings. The van der Waals surface area contributed by atoms with Gasteiger partial charge in [-0.3, -0.25) is 4.90 Å². The normalized spacial score (nSPS) is 15.4.